The average molecular weight is 245 g/mol. The second-order valence-electron chi connectivity index (χ2n) is 5.25. The van der Waals surface area contributed by atoms with Crippen molar-refractivity contribution in [2.24, 2.45) is 0 Å². The van der Waals surface area contributed by atoms with E-state index >= 15 is 0 Å². The van der Waals surface area contributed by atoms with Crippen molar-refractivity contribution >= 4 is 17.3 Å². The Balaban J connectivity index is 1.81. The summed E-state index contributed by atoms with van der Waals surface area (Å²) in [6.45, 7) is 1.59. The summed E-state index contributed by atoms with van der Waals surface area (Å²) >= 11 is 0. The van der Waals surface area contributed by atoms with Crippen LogP contribution in [0, 0.1) is 0 Å². The van der Waals surface area contributed by atoms with E-state index in [2.05, 4.69) is 22.8 Å². The standard InChI is InChI=1S/C14H19N3O/c1-17-9-14(18)16-12-5-4-10(8-13(12)17)7-11-3-2-6-15-11/h4-5,8,11,15H,2-3,6-7,9H2,1H3,(H,16,18). The first-order valence-corrected chi connectivity index (χ1v) is 6.60. The van der Waals surface area contributed by atoms with E-state index in [-0.39, 0.29) is 5.91 Å². The molecule has 1 saturated heterocycles. The van der Waals surface area contributed by atoms with Gasteiger partial charge in [-0.25, -0.2) is 0 Å². The monoisotopic (exact) mass is 245 g/mol. The van der Waals surface area contributed by atoms with Gasteiger partial charge in [-0.3, -0.25) is 4.79 Å². The Hall–Kier alpha value is -1.55. The minimum absolute atomic E-state index is 0.0650. The van der Waals surface area contributed by atoms with Crippen LogP contribution < -0.4 is 15.5 Å². The highest BCUT2D eigenvalue weighted by Gasteiger charge is 2.20. The Kier molecular flexibility index (Phi) is 2.96. The molecule has 1 unspecified atom stereocenters. The lowest BCUT2D eigenvalue weighted by atomic mass is 10.0. The van der Waals surface area contributed by atoms with Gasteiger partial charge in [-0.1, -0.05) is 6.07 Å². The van der Waals surface area contributed by atoms with Crippen molar-refractivity contribution in [1.29, 1.82) is 0 Å². The zero-order chi connectivity index (χ0) is 12.5. The molecule has 2 heterocycles. The molecule has 0 radical (unpaired) electrons. The van der Waals surface area contributed by atoms with Crippen molar-refractivity contribution in [3.8, 4) is 0 Å². The molecule has 2 N–H and O–H groups in total. The third-order valence-electron chi connectivity index (χ3n) is 3.77. The van der Waals surface area contributed by atoms with Gasteiger partial charge < -0.3 is 15.5 Å². The van der Waals surface area contributed by atoms with E-state index in [4.69, 9.17) is 0 Å². The normalized spacial score (nSPS) is 22.8. The highest BCUT2D eigenvalue weighted by Crippen LogP contribution is 2.30. The van der Waals surface area contributed by atoms with Crippen LogP contribution in [0.4, 0.5) is 11.4 Å². The number of rotatable bonds is 2. The number of carbonyl (C=O) groups excluding carboxylic acids is 1. The molecule has 3 rings (SSSR count). The lowest BCUT2D eigenvalue weighted by Crippen LogP contribution is -2.35. The average Bonchev–Trinajstić information content (AvgIpc) is 2.83. The quantitative estimate of drug-likeness (QED) is 0.827. The predicted molar refractivity (Wildman–Crippen MR) is 73.1 cm³/mol. The molecular weight excluding hydrogens is 226 g/mol. The van der Waals surface area contributed by atoms with Crippen LogP contribution >= 0.6 is 0 Å². The maximum Gasteiger partial charge on any atom is 0.243 e. The molecule has 2 aliphatic heterocycles. The van der Waals surface area contributed by atoms with Crippen molar-refractivity contribution in [2.45, 2.75) is 25.3 Å². The summed E-state index contributed by atoms with van der Waals surface area (Å²) in [5.41, 5.74) is 3.40. The number of hydrogen-bond acceptors (Lipinski definition) is 3. The highest BCUT2D eigenvalue weighted by molar-refractivity contribution is 6.01. The minimum Gasteiger partial charge on any atom is -0.364 e. The molecule has 4 nitrogen and oxygen atoms in total. The molecule has 96 valence electrons. The number of anilines is 2. The van der Waals surface area contributed by atoms with Crippen LogP contribution in [-0.2, 0) is 11.2 Å². The zero-order valence-corrected chi connectivity index (χ0v) is 10.7. The molecule has 0 spiro atoms. The van der Waals surface area contributed by atoms with Gasteiger partial charge in [0.05, 0.1) is 17.9 Å². The molecule has 1 fully saturated rings. The molecule has 1 amide bonds. The largest absolute Gasteiger partial charge is 0.364 e. The molecule has 0 aromatic heterocycles. The van der Waals surface area contributed by atoms with Gasteiger partial charge in [0, 0.05) is 13.1 Å². The number of hydrogen-bond donors (Lipinski definition) is 2. The van der Waals surface area contributed by atoms with Crippen LogP contribution in [0.25, 0.3) is 0 Å². The highest BCUT2D eigenvalue weighted by atomic mass is 16.2. The summed E-state index contributed by atoms with van der Waals surface area (Å²) in [6, 6.07) is 6.96. The maximum atomic E-state index is 11.4. The minimum atomic E-state index is 0.0650. The number of fused-ring (bicyclic) bond motifs is 1. The molecule has 4 heteroatoms. The topological polar surface area (TPSA) is 44.4 Å². The first-order chi connectivity index (χ1) is 8.72. The van der Waals surface area contributed by atoms with Crippen LogP contribution in [0.2, 0.25) is 0 Å². The van der Waals surface area contributed by atoms with Crippen molar-refractivity contribution in [3.63, 3.8) is 0 Å². The van der Waals surface area contributed by atoms with Gasteiger partial charge in [-0.15, -0.1) is 0 Å². The van der Waals surface area contributed by atoms with Crippen LogP contribution in [0.15, 0.2) is 18.2 Å². The number of likely N-dealkylation sites (N-methyl/N-ethyl adjacent to an activating group) is 1. The van der Waals surface area contributed by atoms with Crippen LogP contribution in [0.3, 0.4) is 0 Å². The van der Waals surface area contributed by atoms with Crippen molar-refractivity contribution < 1.29 is 4.79 Å². The number of benzene rings is 1. The molecule has 0 bridgehead atoms. The molecule has 1 atom stereocenters. The van der Waals surface area contributed by atoms with Gasteiger partial charge in [0.15, 0.2) is 0 Å². The van der Waals surface area contributed by atoms with E-state index in [1.807, 2.05) is 18.0 Å². The van der Waals surface area contributed by atoms with E-state index in [1.54, 1.807) is 0 Å². The predicted octanol–water partition coefficient (Wildman–Crippen LogP) is 1.37. The fourth-order valence-corrected chi connectivity index (χ4v) is 2.83. The van der Waals surface area contributed by atoms with E-state index in [1.165, 1.54) is 18.4 Å². The Morgan fingerprint density at radius 1 is 1.44 bits per heavy atom. The lowest BCUT2D eigenvalue weighted by molar-refractivity contribution is -0.115. The first kappa shape index (κ1) is 11.5. The smallest absolute Gasteiger partial charge is 0.243 e. The van der Waals surface area contributed by atoms with Gasteiger partial charge in [0.1, 0.15) is 0 Å². The van der Waals surface area contributed by atoms with Crippen LogP contribution in [-0.4, -0.2) is 32.1 Å². The van der Waals surface area contributed by atoms with Crippen molar-refractivity contribution in [2.75, 3.05) is 30.4 Å². The molecule has 2 aliphatic rings. The van der Waals surface area contributed by atoms with E-state index in [0.29, 0.717) is 12.6 Å². The number of nitrogens with zero attached hydrogens (tertiary/aromatic N) is 1. The van der Waals surface area contributed by atoms with Gasteiger partial charge in [-0.2, -0.15) is 0 Å². The summed E-state index contributed by atoms with van der Waals surface area (Å²) < 4.78 is 0. The van der Waals surface area contributed by atoms with Crippen molar-refractivity contribution in [1.82, 2.24) is 5.32 Å². The Bertz CT molecular complexity index is 466. The lowest BCUT2D eigenvalue weighted by Gasteiger charge is -2.28. The van der Waals surface area contributed by atoms with Crippen LogP contribution in [0.5, 0.6) is 0 Å². The number of nitrogens with one attached hydrogen (secondary N) is 2. The van der Waals surface area contributed by atoms with Gasteiger partial charge in [0.2, 0.25) is 5.91 Å². The fraction of sp³-hybridized carbons (Fsp3) is 0.500. The SMILES string of the molecule is CN1CC(=O)Nc2ccc(CC3CCCN3)cc21. The second kappa shape index (κ2) is 4.61. The van der Waals surface area contributed by atoms with Crippen LogP contribution in [0.1, 0.15) is 18.4 Å². The molecule has 1 aromatic rings. The van der Waals surface area contributed by atoms with Crippen molar-refractivity contribution in [3.05, 3.63) is 23.8 Å². The first-order valence-electron chi connectivity index (χ1n) is 6.60. The summed E-state index contributed by atoms with van der Waals surface area (Å²) in [5, 5.41) is 6.43. The number of carbonyl (C=O) groups is 1. The molecular formula is C14H19N3O. The molecule has 1 aromatic carbocycles. The summed E-state index contributed by atoms with van der Waals surface area (Å²) in [5.74, 6) is 0.0650. The van der Waals surface area contributed by atoms with E-state index < -0.39 is 0 Å². The summed E-state index contributed by atoms with van der Waals surface area (Å²) in [6.07, 6.45) is 3.63. The zero-order valence-electron chi connectivity index (χ0n) is 10.7. The Labute approximate surface area is 107 Å². The maximum absolute atomic E-state index is 11.4. The molecule has 18 heavy (non-hydrogen) atoms. The molecule has 0 saturated carbocycles. The van der Waals surface area contributed by atoms with E-state index in [0.717, 1.165) is 24.3 Å². The third kappa shape index (κ3) is 2.20. The fourth-order valence-electron chi connectivity index (χ4n) is 2.83. The number of amides is 1. The summed E-state index contributed by atoms with van der Waals surface area (Å²) in [7, 11) is 1.97. The second-order valence-corrected chi connectivity index (χ2v) is 5.25. The Morgan fingerprint density at radius 2 is 2.33 bits per heavy atom. The van der Waals surface area contributed by atoms with Gasteiger partial charge >= 0.3 is 0 Å². The summed E-state index contributed by atoms with van der Waals surface area (Å²) in [4.78, 5) is 13.5. The van der Waals surface area contributed by atoms with E-state index in [9.17, 15) is 4.79 Å². The van der Waals surface area contributed by atoms with Gasteiger partial charge in [0.25, 0.3) is 0 Å². The Morgan fingerprint density at radius 3 is 3.11 bits per heavy atom. The van der Waals surface area contributed by atoms with Gasteiger partial charge in [-0.05, 0) is 43.5 Å². The molecule has 0 aliphatic carbocycles. The third-order valence-corrected chi connectivity index (χ3v) is 3.77.